The van der Waals surface area contributed by atoms with Gasteiger partial charge in [-0.15, -0.1) is 0 Å². The lowest BCUT2D eigenvalue weighted by atomic mass is 9.87. The van der Waals surface area contributed by atoms with E-state index in [4.69, 9.17) is 0 Å². The van der Waals surface area contributed by atoms with Gasteiger partial charge in [0.15, 0.2) is 0 Å². The highest BCUT2D eigenvalue weighted by atomic mass is 79.9. The van der Waals surface area contributed by atoms with Crippen molar-refractivity contribution in [2.24, 2.45) is 0 Å². The number of fused-ring (bicyclic) bond motifs is 1. The Morgan fingerprint density at radius 1 is 1.28 bits per heavy atom. The summed E-state index contributed by atoms with van der Waals surface area (Å²) in [6.45, 7) is 1.60. The fourth-order valence-electron chi connectivity index (χ4n) is 3.95. The van der Waals surface area contributed by atoms with Gasteiger partial charge in [-0.25, -0.2) is 8.78 Å². The number of amides is 1. The van der Waals surface area contributed by atoms with Gasteiger partial charge in [0.25, 0.3) is 0 Å². The summed E-state index contributed by atoms with van der Waals surface area (Å²) < 4.78 is 28.1. The molecule has 3 atom stereocenters. The van der Waals surface area contributed by atoms with Crippen LogP contribution in [0.1, 0.15) is 42.5 Å². The largest absolute Gasteiger partial charge is 0.390 e. The van der Waals surface area contributed by atoms with E-state index in [-0.39, 0.29) is 24.9 Å². The first-order valence-electron chi connectivity index (χ1n) is 9.74. The number of halogens is 3. The SMILES string of the molecule is CC(=O)N[C@@H](Cc1cc(F)cc(F)c1)[C@H](O)CN[C@H]1CCCc2c(Br)cccc21. The Hall–Kier alpha value is -1.83. The van der Waals surface area contributed by atoms with Gasteiger partial charge in [-0.05, 0) is 60.6 Å². The Kier molecular flexibility index (Phi) is 7.38. The monoisotopic (exact) mass is 466 g/mol. The molecule has 0 heterocycles. The molecule has 2 aromatic carbocycles. The number of hydrogen-bond acceptors (Lipinski definition) is 3. The van der Waals surface area contributed by atoms with Crippen LogP contribution in [0.4, 0.5) is 8.78 Å². The van der Waals surface area contributed by atoms with Crippen LogP contribution in [0.2, 0.25) is 0 Å². The lowest BCUT2D eigenvalue weighted by Crippen LogP contribution is -2.48. The highest BCUT2D eigenvalue weighted by Crippen LogP contribution is 2.34. The molecule has 0 fully saturated rings. The number of carbonyl (C=O) groups excluding carboxylic acids is 1. The van der Waals surface area contributed by atoms with Gasteiger partial charge >= 0.3 is 0 Å². The second-order valence-corrected chi connectivity index (χ2v) is 8.37. The van der Waals surface area contributed by atoms with Gasteiger partial charge < -0.3 is 15.7 Å². The molecule has 0 spiro atoms. The third kappa shape index (κ3) is 5.84. The molecule has 1 aliphatic carbocycles. The summed E-state index contributed by atoms with van der Waals surface area (Å²) in [5.41, 5.74) is 2.87. The smallest absolute Gasteiger partial charge is 0.217 e. The van der Waals surface area contributed by atoms with Crippen molar-refractivity contribution in [1.82, 2.24) is 10.6 Å². The molecule has 3 N–H and O–H groups in total. The summed E-state index contributed by atoms with van der Waals surface area (Å²) in [5.74, 6) is -1.67. The van der Waals surface area contributed by atoms with E-state index < -0.39 is 23.8 Å². The summed E-state index contributed by atoms with van der Waals surface area (Å²) >= 11 is 3.60. The van der Waals surface area contributed by atoms with Crippen LogP contribution in [-0.2, 0) is 17.6 Å². The first-order valence-corrected chi connectivity index (χ1v) is 10.5. The summed E-state index contributed by atoms with van der Waals surface area (Å²) in [6, 6.07) is 8.79. The zero-order chi connectivity index (χ0) is 21.0. The van der Waals surface area contributed by atoms with Crippen LogP contribution < -0.4 is 10.6 Å². The minimum Gasteiger partial charge on any atom is -0.390 e. The molecule has 4 nitrogen and oxygen atoms in total. The number of hydrogen-bond donors (Lipinski definition) is 3. The molecule has 0 bridgehead atoms. The maximum absolute atomic E-state index is 13.5. The Morgan fingerprint density at radius 2 is 2.00 bits per heavy atom. The maximum atomic E-state index is 13.5. The van der Waals surface area contributed by atoms with Crippen molar-refractivity contribution in [2.45, 2.75) is 50.8 Å². The lowest BCUT2D eigenvalue weighted by molar-refractivity contribution is -0.120. The highest BCUT2D eigenvalue weighted by molar-refractivity contribution is 9.10. The summed E-state index contributed by atoms with van der Waals surface area (Å²) in [7, 11) is 0. The Morgan fingerprint density at radius 3 is 2.69 bits per heavy atom. The molecule has 0 saturated carbocycles. The van der Waals surface area contributed by atoms with E-state index in [0.29, 0.717) is 5.56 Å². The Labute approximate surface area is 177 Å². The molecular formula is C22H25BrF2N2O2. The van der Waals surface area contributed by atoms with Gasteiger partial charge in [0.2, 0.25) is 5.91 Å². The molecule has 1 amide bonds. The van der Waals surface area contributed by atoms with Crippen molar-refractivity contribution in [3.8, 4) is 0 Å². The zero-order valence-corrected chi connectivity index (χ0v) is 17.8. The van der Waals surface area contributed by atoms with E-state index >= 15 is 0 Å². The number of carbonyl (C=O) groups is 1. The standard InChI is InChI=1S/C22H25BrF2N2O2/c1-13(28)27-21(10-14-8-15(24)11-16(25)9-14)22(29)12-26-20-7-3-4-17-18(20)5-2-6-19(17)23/h2,5-6,8-9,11,20-22,26,29H,3-4,7,10,12H2,1H3,(H,27,28)/t20-,21-,22+/m0/s1. The first kappa shape index (κ1) is 21.9. The second-order valence-electron chi connectivity index (χ2n) is 7.52. The summed E-state index contributed by atoms with van der Waals surface area (Å²) in [5, 5.41) is 16.8. The first-order chi connectivity index (χ1) is 13.8. The normalized spacial score (nSPS) is 18.0. The van der Waals surface area contributed by atoms with E-state index in [1.807, 2.05) is 12.1 Å². The van der Waals surface area contributed by atoms with Gasteiger partial charge in [0.1, 0.15) is 11.6 Å². The van der Waals surface area contributed by atoms with Gasteiger partial charge in [-0.3, -0.25) is 4.79 Å². The van der Waals surface area contributed by atoms with E-state index in [1.165, 1.54) is 30.2 Å². The average molecular weight is 467 g/mol. The third-order valence-electron chi connectivity index (χ3n) is 5.25. The fraction of sp³-hybridized carbons (Fsp3) is 0.409. The lowest BCUT2D eigenvalue weighted by Gasteiger charge is -2.30. The van der Waals surface area contributed by atoms with Crippen LogP contribution in [-0.4, -0.2) is 29.7 Å². The van der Waals surface area contributed by atoms with Crippen LogP contribution >= 0.6 is 15.9 Å². The van der Waals surface area contributed by atoms with Crippen LogP contribution in [0.5, 0.6) is 0 Å². The number of rotatable bonds is 7. The topological polar surface area (TPSA) is 61.4 Å². The second kappa shape index (κ2) is 9.78. The molecule has 0 aromatic heterocycles. The highest BCUT2D eigenvalue weighted by Gasteiger charge is 2.25. The average Bonchev–Trinajstić information content (AvgIpc) is 2.65. The van der Waals surface area contributed by atoms with Crippen molar-refractivity contribution >= 4 is 21.8 Å². The molecule has 7 heteroatoms. The minimum absolute atomic E-state index is 0.107. The maximum Gasteiger partial charge on any atom is 0.217 e. The molecule has 0 unspecified atom stereocenters. The predicted molar refractivity (Wildman–Crippen MR) is 111 cm³/mol. The van der Waals surface area contributed by atoms with E-state index in [9.17, 15) is 18.7 Å². The van der Waals surface area contributed by atoms with Gasteiger partial charge in [-0.1, -0.05) is 28.1 Å². The van der Waals surface area contributed by atoms with Crippen LogP contribution in [0.3, 0.4) is 0 Å². The van der Waals surface area contributed by atoms with Crippen molar-refractivity contribution in [1.29, 1.82) is 0 Å². The number of aliphatic hydroxyl groups is 1. The Balaban J connectivity index is 1.68. The van der Waals surface area contributed by atoms with E-state index in [2.05, 4.69) is 32.6 Å². The van der Waals surface area contributed by atoms with Crippen molar-refractivity contribution in [3.63, 3.8) is 0 Å². The number of aliphatic hydroxyl groups excluding tert-OH is 1. The van der Waals surface area contributed by atoms with Crippen molar-refractivity contribution in [3.05, 3.63) is 69.2 Å². The number of nitrogens with one attached hydrogen (secondary N) is 2. The molecule has 156 valence electrons. The third-order valence-corrected chi connectivity index (χ3v) is 6.00. The minimum atomic E-state index is -0.914. The van der Waals surface area contributed by atoms with Gasteiger partial charge in [0, 0.05) is 30.0 Å². The summed E-state index contributed by atoms with van der Waals surface area (Å²) in [6.07, 6.45) is 2.22. The van der Waals surface area contributed by atoms with Crippen molar-refractivity contribution in [2.75, 3.05) is 6.54 Å². The van der Waals surface area contributed by atoms with Gasteiger partial charge in [-0.2, -0.15) is 0 Å². The molecule has 0 radical (unpaired) electrons. The molecule has 2 aromatic rings. The predicted octanol–water partition coefficient (Wildman–Crippen LogP) is 3.80. The summed E-state index contributed by atoms with van der Waals surface area (Å²) in [4.78, 5) is 11.6. The van der Waals surface area contributed by atoms with Crippen molar-refractivity contribution < 1.29 is 18.7 Å². The Bertz CT molecular complexity index is 858. The fourth-order valence-corrected chi connectivity index (χ4v) is 4.53. The van der Waals surface area contributed by atoms with E-state index in [1.54, 1.807) is 0 Å². The quantitative estimate of drug-likeness (QED) is 0.581. The van der Waals surface area contributed by atoms with E-state index in [0.717, 1.165) is 29.8 Å². The van der Waals surface area contributed by atoms with Crippen LogP contribution in [0.25, 0.3) is 0 Å². The zero-order valence-electron chi connectivity index (χ0n) is 16.2. The molecule has 3 rings (SSSR count). The molecular weight excluding hydrogens is 442 g/mol. The molecule has 1 aliphatic rings. The van der Waals surface area contributed by atoms with Crippen LogP contribution in [0, 0.1) is 11.6 Å². The van der Waals surface area contributed by atoms with Crippen LogP contribution in [0.15, 0.2) is 40.9 Å². The molecule has 0 saturated heterocycles. The molecule has 29 heavy (non-hydrogen) atoms. The molecule has 0 aliphatic heterocycles. The number of benzene rings is 2. The van der Waals surface area contributed by atoms with Gasteiger partial charge in [0.05, 0.1) is 12.1 Å².